The fraction of sp³-hybridized carbons (Fsp3) is 0.136. The highest BCUT2D eigenvalue weighted by atomic mass is 16.5. The molecule has 1 N–H and O–H groups in total. The van der Waals surface area contributed by atoms with E-state index in [0.717, 1.165) is 17.0 Å². The standard InChI is InChI=1S/C22H21NO2/c1-15-4-9-19(10-5-15)25-20-11-7-18(8-12-20)22(24)23-21-13-6-16(2)14-17(21)3/h4-14H,1-3H3,(H,23,24). The van der Waals surface area contributed by atoms with Crippen LogP contribution in [-0.2, 0) is 0 Å². The number of anilines is 1. The molecule has 3 aromatic rings. The monoisotopic (exact) mass is 331 g/mol. The molecule has 25 heavy (non-hydrogen) atoms. The Morgan fingerprint density at radius 1 is 0.760 bits per heavy atom. The van der Waals surface area contributed by atoms with Crippen molar-refractivity contribution in [2.24, 2.45) is 0 Å². The lowest BCUT2D eigenvalue weighted by Gasteiger charge is -2.10. The molecule has 0 unspecified atom stereocenters. The molecule has 1 amide bonds. The van der Waals surface area contributed by atoms with Gasteiger partial charge in [-0.05, 0) is 68.8 Å². The van der Waals surface area contributed by atoms with Crippen LogP contribution in [0.4, 0.5) is 5.69 Å². The van der Waals surface area contributed by atoms with Crippen molar-refractivity contribution in [3.63, 3.8) is 0 Å². The summed E-state index contributed by atoms with van der Waals surface area (Å²) < 4.78 is 5.79. The number of benzene rings is 3. The van der Waals surface area contributed by atoms with Crippen LogP contribution >= 0.6 is 0 Å². The Bertz CT molecular complexity index is 881. The van der Waals surface area contributed by atoms with E-state index in [-0.39, 0.29) is 5.91 Å². The smallest absolute Gasteiger partial charge is 0.255 e. The number of hydrogen-bond acceptors (Lipinski definition) is 2. The molecular formula is C22H21NO2. The van der Waals surface area contributed by atoms with E-state index in [4.69, 9.17) is 4.74 Å². The van der Waals surface area contributed by atoms with Crippen molar-refractivity contribution in [3.05, 3.63) is 89.0 Å². The van der Waals surface area contributed by atoms with Crippen LogP contribution in [0.3, 0.4) is 0 Å². The van der Waals surface area contributed by atoms with E-state index in [1.54, 1.807) is 24.3 Å². The lowest BCUT2D eigenvalue weighted by Crippen LogP contribution is -2.12. The number of carbonyl (C=O) groups is 1. The minimum Gasteiger partial charge on any atom is -0.457 e. The Morgan fingerprint density at radius 2 is 1.32 bits per heavy atom. The van der Waals surface area contributed by atoms with Crippen molar-refractivity contribution in [2.45, 2.75) is 20.8 Å². The molecular weight excluding hydrogens is 310 g/mol. The summed E-state index contributed by atoms with van der Waals surface area (Å²) >= 11 is 0. The number of carbonyl (C=O) groups excluding carboxylic acids is 1. The topological polar surface area (TPSA) is 38.3 Å². The average Bonchev–Trinajstić information content (AvgIpc) is 2.60. The first-order valence-corrected chi connectivity index (χ1v) is 8.24. The molecule has 0 fully saturated rings. The van der Waals surface area contributed by atoms with Gasteiger partial charge in [-0.25, -0.2) is 0 Å². The molecule has 3 rings (SSSR count). The van der Waals surface area contributed by atoms with Gasteiger partial charge in [-0.1, -0.05) is 35.4 Å². The summed E-state index contributed by atoms with van der Waals surface area (Å²) in [5.74, 6) is 1.35. The van der Waals surface area contributed by atoms with Gasteiger partial charge in [0.1, 0.15) is 11.5 Å². The fourth-order valence-corrected chi connectivity index (χ4v) is 2.57. The Labute approximate surface area is 148 Å². The maximum Gasteiger partial charge on any atom is 0.255 e. The van der Waals surface area contributed by atoms with Gasteiger partial charge in [-0.15, -0.1) is 0 Å². The summed E-state index contributed by atoms with van der Waals surface area (Å²) in [4.78, 5) is 12.4. The molecule has 0 radical (unpaired) electrons. The Balaban J connectivity index is 1.68. The summed E-state index contributed by atoms with van der Waals surface area (Å²) in [6.07, 6.45) is 0. The molecule has 3 nitrogen and oxygen atoms in total. The van der Waals surface area contributed by atoms with Crippen molar-refractivity contribution < 1.29 is 9.53 Å². The molecule has 3 heteroatoms. The fourth-order valence-electron chi connectivity index (χ4n) is 2.57. The third kappa shape index (κ3) is 4.27. The van der Waals surface area contributed by atoms with Crippen LogP contribution in [0.25, 0.3) is 0 Å². The normalized spacial score (nSPS) is 10.4. The highest BCUT2D eigenvalue weighted by Gasteiger charge is 2.08. The second-order valence-corrected chi connectivity index (χ2v) is 6.21. The zero-order valence-corrected chi connectivity index (χ0v) is 14.7. The molecule has 0 aliphatic heterocycles. The largest absolute Gasteiger partial charge is 0.457 e. The second kappa shape index (κ2) is 7.22. The van der Waals surface area contributed by atoms with Crippen LogP contribution in [0.2, 0.25) is 0 Å². The van der Waals surface area contributed by atoms with Gasteiger partial charge in [0.15, 0.2) is 0 Å². The van der Waals surface area contributed by atoms with Crippen molar-refractivity contribution in [2.75, 3.05) is 5.32 Å². The summed E-state index contributed by atoms with van der Waals surface area (Å²) in [6.45, 7) is 6.06. The third-order valence-electron chi connectivity index (χ3n) is 4.00. The van der Waals surface area contributed by atoms with E-state index in [1.165, 1.54) is 11.1 Å². The molecule has 0 aliphatic carbocycles. The number of aryl methyl sites for hydroxylation is 3. The Kier molecular flexibility index (Phi) is 4.85. The highest BCUT2D eigenvalue weighted by molar-refractivity contribution is 6.04. The molecule has 0 spiro atoms. The molecule has 0 aliphatic rings. The third-order valence-corrected chi connectivity index (χ3v) is 4.00. The van der Waals surface area contributed by atoms with Gasteiger partial charge >= 0.3 is 0 Å². The predicted molar refractivity (Wildman–Crippen MR) is 102 cm³/mol. The van der Waals surface area contributed by atoms with E-state index in [9.17, 15) is 4.79 Å². The SMILES string of the molecule is Cc1ccc(Oc2ccc(C(=O)Nc3ccc(C)cc3C)cc2)cc1. The Hall–Kier alpha value is -3.07. The second-order valence-electron chi connectivity index (χ2n) is 6.21. The first-order valence-electron chi connectivity index (χ1n) is 8.24. The van der Waals surface area contributed by atoms with Gasteiger partial charge < -0.3 is 10.1 Å². The number of rotatable bonds is 4. The van der Waals surface area contributed by atoms with E-state index < -0.39 is 0 Å². The van der Waals surface area contributed by atoms with E-state index >= 15 is 0 Å². The van der Waals surface area contributed by atoms with Crippen LogP contribution in [0.1, 0.15) is 27.0 Å². The summed E-state index contributed by atoms with van der Waals surface area (Å²) in [5, 5.41) is 2.95. The number of nitrogens with one attached hydrogen (secondary N) is 1. The van der Waals surface area contributed by atoms with Crippen molar-refractivity contribution >= 4 is 11.6 Å². The molecule has 3 aromatic carbocycles. The van der Waals surface area contributed by atoms with Gasteiger partial charge in [0, 0.05) is 11.3 Å². The predicted octanol–water partition coefficient (Wildman–Crippen LogP) is 5.66. The lowest BCUT2D eigenvalue weighted by atomic mass is 10.1. The molecule has 0 aromatic heterocycles. The van der Waals surface area contributed by atoms with Crippen LogP contribution < -0.4 is 10.1 Å². The van der Waals surface area contributed by atoms with Crippen LogP contribution in [0.15, 0.2) is 66.7 Å². The summed E-state index contributed by atoms with van der Waals surface area (Å²) in [5.41, 5.74) is 4.83. The minimum absolute atomic E-state index is 0.131. The molecule has 0 atom stereocenters. The van der Waals surface area contributed by atoms with Crippen molar-refractivity contribution in [3.8, 4) is 11.5 Å². The number of hydrogen-bond donors (Lipinski definition) is 1. The quantitative estimate of drug-likeness (QED) is 0.670. The number of ether oxygens (including phenoxy) is 1. The average molecular weight is 331 g/mol. The van der Waals surface area contributed by atoms with Gasteiger partial charge in [0.05, 0.1) is 0 Å². The van der Waals surface area contributed by atoms with Crippen molar-refractivity contribution in [1.82, 2.24) is 0 Å². The molecule has 126 valence electrons. The summed E-state index contributed by atoms with van der Waals surface area (Å²) in [7, 11) is 0. The van der Waals surface area contributed by atoms with Gasteiger partial charge in [0.2, 0.25) is 0 Å². The number of amides is 1. The van der Waals surface area contributed by atoms with Crippen LogP contribution in [0, 0.1) is 20.8 Å². The molecule has 0 bridgehead atoms. The molecule has 0 saturated carbocycles. The molecule has 0 heterocycles. The maximum atomic E-state index is 12.4. The maximum absolute atomic E-state index is 12.4. The van der Waals surface area contributed by atoms with Gasteiger partial charge in [-0.2, -0.15) is 0 Å². The van der Waals surface area contributed by atoms with Crippen molar-refractivity contribution in [1.29, 1.82) is 0 Å². The van der Waals surface area contributed by atoms with E-state index in [2.05, 4.69) is 5.32 Å². The zero-order valence-electron chi connectivity index (χ0n) is 14.7. The zero-order chi connectivity index (χ0) is 17.8. The lowest BCUT2D eigenvalue weighted by molar-refractivity contribution is 0.102. The first-order chi connectivity index (χ1) is 12.0. The highest BCUT2D eigenvalue weighted by Crippen LogP contribution is 2.23. The molecule has 0 saturated heterocycles. The minimum atomic E-state index is -0.131. The van der Waals surface area contributed by atoms with Gasteiger partial charge in [-0.3, -0.25) is 4.79 Å². The Morgan fingerprint density at radius 3 is 1.92 bits per heavy atom. The van der Waals surface area contributed by atoms with Crippen LogP contribution in [-0.4, -0.2) is 5.91 Å². The first kappa shape index (κ1) is 16.8. The van der Waals surface area contributed by atoms with E-state index in [0.29, 0.717) is 11.3 Å². The van der Waals surface area contributed by atoms with E-state index in [1.807, 2.05) is 63.2 Å². The van der Waals surface area contributed by atoms with Crippen LogP contribution in [0.5, 0.6) is 11.5 Å². The van der Waals surface area contributed by atoms with Gasteiger partial charge in [0.25, 0.3) is 5.91 Å². The summed E-state index contributed by atoms with van der Waals surface area (Å²) in [6, 6.07) is 21.0.